The molecule has 0 radical (unpaired) electrons. The van der Waals surface area contributed by atoms with E-state index in [4.69, 9.17) is 9.84 Å². The number of ether oxygens (including phenoxy) is 1. The third-order valence-corrected chi connectivity index (χ3v) is 3.22. The minimum atomic E-state index is -1.01. The first-order valence-corrected chi connectivity index (χ1v) is 6.47. The number of carboxylic acids is 1. The molecule has 0 atom stereocenters. The summed E-state index contributed by atoms with van der Waals surface area (Å²) >= 11 is 3.34. The Morgan fingerprint density at radius 1 is 1.50 bits per heavy atom. The summed E-state index contributed by atoms with van der Waals surface area (Å²) in [5.74, 6) is -0.409. The highest BCUT2D eigenvalue weighted by Crippen LogP contribution is 2.24. The van der Waals surface area contributed by atoms with Crippen molar-refractivity contribution in [1.29, 1.82) is 0 Å². The van der Waals surface area contributed by atoms with Crippen molar-refractivity contribution in [2.24, 2.45) is 0 Å². The molecule has 0 spiro atoms. The maximum atomic E-state index is 10.5. The van der Waals surface area contributed by atoms with Crippen LogP contribution in [0.2, 0.25) is 0 Å². The first kappa shape index (κ1) is 14.3. The monoisotopic (exact) mass is 338 g/mol. The molecule has 0 saturated heterocycles. The van der Waals surface area contributed by atoms with Gasteiger partial charge >= 0.3 is 5.97 Å². The lowest BCUT2D eigenvalue weighted by molar-refractivity contribution is -0.131. The number of hydrogen-bond acceptors (Lipinski definition) is 5. The Labute approximate surface area is 123 Å². The van der Waals surface area contributed by atoms with E-state index in [-0.39, 0.29) is 6.61 Å². The fourth-order valence-corrected chi connectivity index (χ4v) is 1.81. The van der Waals surface area contributed by atoms with Crippen LogP contribution in [0.4, 0.5) is 0 Å². The Morgan fingerprint density at radius 2 is 2.30 bits per heavy atom. The van der Waals surface area contributed by atoms with Gasteiger partial charge in [-0.1, -0.05) is 26.2 Å². The number of nitrogens with zero attached hydrogens (tertiary/aromatic N) is 2. The molecule has 0 saturated carbocycles. The number of carbonyl (C=O) groups is 1. The number of aliphatic carboxylic acids is 1. The fourth-order valence-electron chi connectivity index (χ4n) is 1.43. The second kappa shape index (κ2) is 6.33. The molecule has 2 aromatic rings. The zero-order valence-corrected chi connectivity index (χ0v) is 12.1. The molecule has 6 nitrogen and oxygen atoms in total. The number of rotatable bonds is 5. The summed E-state index contributed by atoms with van der Waals surface area (Å²) in [4.78, 5) is 10.5. The smallest absolute Gasteiger partial charge is 0.328 e. The molecule has 0 unspecified atom stereocenters. The Balaban J connectivity index is 2.11. The maximum Gasteiger partial charge on any atom is 0.328 e. The molecule has 1 aromatic heterocycles. The van der Waals surface area contributed by atoms with Crippen molar-refractivity contribution >= 4 is 28.0 Å². The van der Waals surface area contributed by atoms with Crippen molar-refractivity contribution in [1.82, 2.24) is 10.3 Å². The maximum absolute atomic E-state index is 10.5. The van der Waals surface area contributed by atoms with E-state index in [0.29, 0.717) is 22.7 Å². The first-order valence-electron chi connectivity index (χ1n) is 5.67. The second-order valence-corrected chi connectivity index (χ2v) is 4.79. The fraction of sp³-hybridized carbons (Fsp3) is 0.154. The summed E-state index contributed by atoms with van der Waals surface area (Å²) in [5, 5.41) is 16.0. The SMILES string of the molecule is Cc1nonc1COc1ccc(Br)c(/C=C/C(=O)O)c1. The van der Waals surface area contributed by atoms with E-state index in [1.54, 1.807) is 25.1 Å². The molecule has 20 heavy (non-hydrogen) atoms. The van der Waals surface area contributed by atoms with E-state index in [1.165, 1.54) is 6.08 Å². The number of hydrogen-bond donors (Lipinski definition) is 1. The molecule has 0 aliphatic heterocycles. The van der Waals surface area contributed by atoms with Gasteiger partial charge < -0.3 is 9.84 Å². The van der Waals surface area contributed by atoms with Crippen molar-refractivity contribution < 1.29 is 19.3 Å². The van der Waals surface area contributed by atoms with E-state index >= 15 is 0 Å². The van der Waals surface area contributed by atoms with Gasteiger partial charge in [0.2, 0.25) is 0 Å². The van der Waals surface area contributed by atoms with Gasteiger partial charge in [0, 0.05) is 10.5 Å². The molecule has 0 amide bonds. The van der Waals surface area contributed by atoms with Crippen molar-refractivity contribution in [3.8, 4) is 5.75 Å². The van der Waals surface area contributed by atoms with Crippen molar-refractivity contribution in [3.63, 3.8) is 0 Å². The van der Waals surface area contributed by atoms with E-state index in [0.717, 1.165) is 10.5 Å². The highest BCUT2D eigenvalue weighted by atomic mass is 79.9. The average Bonchev–Trinajstić information content (AvgIpc) is 2.81. The van der Waals surface area contributed by atoms with Gasteiger partial charge in [0.25, 0.3) is 0 Å². The van der Waals surface area contributed by atoms with Gasteiger partial charge in [0.1, 0.15) is 23.7 Å². The first-order chi connectivity index (χ1) is 9.56. The van der Waals surface area contributed by atoms with Crippen LogP contribution in [0.3, 0.4) is 0 Å². The normalized spacial score (nSPS) is 10.9. The predicted molar refractivity (Wildman–Crippen MR) is 74.2 cm³/mol. The molecule has 0 fully saturated rings. The largest absolute Gasteiger partial charge is 0.487 e. The van der Waals surface area contributed by atoms with Crippen molar-refractivity contribution in [2.45, 2.75) is 13.5 Å². The molecule has 2 rings (SSSR count). The zero-order valence-electron chi connectivity index (χ0n) is 10.5. The van der Waals surface area contributed by atoms with Gasteiger partial charge in [-0.15, -0.1) is 0 Å². The molecule has 1 N–H and O–H groups in total. The third kappa shape index (κ3) is 3.67. The quantitative estimate of drug-likeness (QED) is 0.843. The molecule has 1 aromatic carbocycles. The van der Waals surface area contributed by atoms with Crippen LogP contribution >= 0.6 is 15.9 Å². The summed E-state index contributed by atoms with van der Waals surface area (Å²) < 4.78 is 10.9. The van der Waals surface area contributed by atoms with Gasteiger partial charge in [0.05, 0.1) is 0 Å². The van der Waals surface area contributed by atoms with Gasteiger partial charge in [-0.05, 0) is 36.8 Å². The summed E-state index contributed by atoms with van der Waals surface area (Å²) in [6, 6.07) is 5.28. The van der Waals surface area contributed by atoms with Crippen LogP contribution in [0.25, 0.3) is 6.08 Å². The van der Waals surface area contributed by atoms with Crippen LogP contribution in [0.15, 0.2) is 33.4 Å². The highest BCUT2D eigenvalue weighted by molar-refractivity contribution is 9.10. The summed E-state index contributed by atoms with van der Waals surface area (Å²) in [6.07, 6.45) is 2.55. The molecular weight excluding hydrogens is 328 g/mol. The van der Waals surface area contributed by atoms with E-state index in [9.17, 15) is 4.79 Å². The third-order valence-electron chi connectivity index (χ3n) is 2.49. The lowest BCUT2D eigenvalue weighted by Gasteiger charge is -2.06. The lowest BCUT2D eigenvalue weighted by atomic mass is 10.2. The number of halogens is 1. The Morgan fingerprint density at radius 3 is 2.95 bits per heavy atom. The minimum Gasteiger partial charge on any atom is -0.487 e. The van der Waals surface area contributed by atoms with Crippen molar-refractivity contribution in [3.05, 3.63) is 45.7 Å². The Bertz CT molecular complexity index is 652. The molecule has 104 valence electrons. The summed E-state index contributed by atoms with van der Waals surface area (Å²) in [7, 11) is 0. The van der Waals surface area contributed by atoms with Gasteiger partial charge in [-0.3, -0.25) is 0 Å². The molecule has 0 aliphatic carbocycles. The minimum absolute atomic E-state index is 0.235. The van der Waals surface area contributed by atoms with Crippen LogP contribution in [0.5, 0.6) is 5.75 Å². The van der Waals surface area contributed by atoms with E-state index < -0.39 is 5.97 Å². The number of aromatic nitrogens is 2. The van der Waals surface area contributed by atoms with E-state index in [1.807, 2.05) is 0 Å². The summed E-state index contributed by atoms with van der Waals surface area (Å²) in [5.41, 5.74) is 2.00. The molecule has 0 aliphatic rings. The van der Waals surface area contributed by atoms with Gasteiger partial charge in [-0.25, -0.2) is 9.42 Å². The van der Waals surface area contributed by atoms with Crippen molar-refractivity contribution in [2.75, 3.05) is 0 Å². The molecule has 7 heteroatoms. The van der Waals surface area contributed by atoms with Gasteiger partial charge in [0.15, 0.2) is 0 Å². The Kier molecular flexibility index (Phi) is 4.52. The van der Waals surface area contributed by atoms with Crippen LogP contribution in [0.1, 0.15) is 17.0 Å². The molecule has 0 bridgehead atoms. The predicted octanol–water partition coefficient (Wildman–Crippen LogP) is 2.82. The Hall–Kier alpha value is -2.15. The average molecular weight is 339 g/mol. The van der Waals surface area contributed by atoms with Gasteiger partial charge in [-0.2, -0.15) is 0 Å². The van der Waals surface area contributed by atoms with Crippen LogP contribution in [-0.2, 0) is 11.4 Å². The number of aryl methyl sites for hydroxylation is 1. The zero-order chi connectivity index (χ0) is 14.5. The van der Waals surface area contributed by atoms with E-state index in [2.05, 4.69) is 30.9 Å². The highest BCUT2D eigenvalue weighted by Gasteiger charge is 2.07. The lowest BCUT2D eigenvalue weighted by Crippen LogP contribution is -1.98. The molecular formula is C13H11BrN2O4. The van der Waals surface area contributed by atoms with Crippen LogP contribution in [-0.4, -0.2) is 21.4 Å². The summed E-state index contributed by atoms with van der Waals surface area (Å²) in [6.45, 7) is 2.01. The topological polar surface area (TPSA) is 85.5 Å². The standard InChI is InChI=1S/C13H11BrN2O4/c1-8-12(16-20-15-8)7-19-10-3-4-11(14)9(6-10)2-5-13(17)18/h2-6H,7H2,1H3,(H,17,18)/b5-2+. The number of benzene rings is 1. The number of carboxylic acid groups (broad SMARTS) is 1. The van der Waals surface area contributed by atoms with Crippen LogP contribution in [0, 0.1) is 6.92 Å². The molecule has 1 heterocycles. The second-order valence-electron chi connectivity index (χ2n) is 3.94. The van der Waals surface area contributed by atoms with Crippen LogP contribution < -0.4 is 4.74 Å².